The number of aromatic nitrogens is 2. The van der Waals surface area contributed by atoms with Crippen molar-refractivity contribution in [3.63, 3.8) is 0 Å². The lowest BCUT2D eigenvalue weighted by atomic mass is 9.96. The molecule has 40 heavy (non-hydrogen) atoms. The van der Waals surface area contributed by atoms with Crippen LogP contribution < -0.4 is 15.5 Å². The number of halogens is 1. The summed E-state index contributed by atoms with van der Waals surface area (Å²) in [5.74, 6) is -0.275. The Hall–Kier alpha value is -3.72. The zero-order valence-electron chi connectivity index (χ0n) is 22.9. The van der Waals surface area contributed by atoms with Gasteiger partial charge in [-0.15, -0.1) is 0 Å². The predicted octanol–water partition coefficient (Wildman–Crippen LogP) is 6.47. The molecule has 9 heteroatoms. The molecule has 2 N–H and O–H groups in total. The minimum atomic E-state index is -0.275. The Bertz CT molecular complexity index is 1550. The number of carbonyl (C=O) groups excluding carboxylic acids is 1. The maximum atomic E-state index is 12.1. The number of aryl methyl sites for hydroxylation is 2. The van der Waals surface area contributed by atoms with Gasteiger partial charge in [0, 0.05) is 36.1 Å². The number of methoxy groups -OCH3 is 1. The van der Waals surface area contributed by atoms with E-state index in [0.717, 1.165) is 34.8 Å². The Labute approximate surface area is 245 Å². The van der Waals surface area contributed by atoms with Gasteiger partial charge in [-0.3, -0.25) is 9.78 Å². The van der Waals surface area contributed by atoms with Crippen molar-refractivity contribution in [2.45, 2.75) is 39.3 Å². The lowest BCUT2D eigenvalue weighted by molar-refractivity contribution is -0.119. The molecule has 0 bridgehead atoms. The van der Waals surface area contributed by atoms with Crippen LogP contribution in [-0.2, 0) is 16.0 Å². The van der Waals surface area contributed by atoms with Gasteiger partial charge < -0.3 is 24.8 Å². The van der Waals surface area contributed by atoms with Crippen molar-refractivity contribution in [1.29, 1.82) is 0 Å². The SMILES string of the molecule is CCc1ccccc1-n1c(C)cc([C@@H]2[C@H](c3ccccn3)NC(=S)N2c2ccc(NC(=O)COC)c(Cl)c2)c1C. The van der Waals surface area contributed by atoms with E-state index in [9.17, 15) is 4.79 Å². The van der Waals surface area contributed by atoms with Crippen LogP contribution in [0.4, 0.5) is 11.4 Å². The highest BCUT2D eigenvalue weighted by Crippen LogP contribution is 2.45. The monoisotopic (exact) mass is 573 g/mol. The lowest BCUT2D eigenvalue weighted by Gasteiger charge is -2.28. The fraction of sp³-hybridized carbons (Fsp3) is 0.258. The van der Waals surface area contributed by atoms with Gasteiger partial charge in [-0.2, -0.15) is 0 Å². The normalized spacial score (nSPS) is 16.7. The van der Waals surface area contributed by atoms with E-state index in [1.807, 2.05) is 30.3 Å². The Morgan fingerprint density at radius 2 is 1.90 bits per heavy atom. The molecule has 2 atom stereocenters. The van der Waals surface area contributed by atoms with Gasteiger partial charge >= 0.3 is 0 Å². The first kappa shape index (κ1) is 27.8. The summed E-state index contributed by atoms with van der Waals surface area (Å²) in [6.45, 7) is 6.42. The fourth-order valence-electron chi connectivity index (χ4n) is 5.51. The second-order valence-corrected chi connectivity index (χ2v) is 10.6. The van der Waals surface area contributed by atoms with Crippen molar-refractivity contribution in [1.82, 2.24) is 14.9 Å². The number of benzene rings is 2. The number of hydrogen-bond donors (Lipinski definition) is 2. The minimum absolute atomic E-state index is 0.0528. The third-order valence-electron chi connectivity index (χ3n) is 7.28. The molecule has 1 aliphatic rings. The summed E-state index contributed by atoms with van der Waals surface area (Å²) >= 11 is 12.6. The molecule has 0 unspecified atom stereocenters. The second kappa shape index (κ2) is 11.8. The summed E-state index contributed by atoms with van der Waals surface area (Å²) in [6, 6.07) is 21.8. The average molecular weight is 574 g/mol. The third-order valence-corrected chi connectivity index (χ3v) is 7.91. The average Bonchev–Trinajstić information content (AvgIpc) is 3.45. The van der Waals surface area contributed by atoms with Gasteiger partial charge in [0.05, 0.1) is 28.5 Å². The van der Waals surface area contributed by atoms with Gasteiger partial charge in [0.2, 0.25) is 5.91 Å². The number of anilines is 2. The van der Waals surface area contributed by atoms with Crippen molar-refractivity contribution in [2.24, 2.45) is 0 Å². The van der Waals surface area contributed by atoms with Crippen molar-refractivity contribution in [3.8, 4) is 5.69 Å². The first-order valence-corrected chi connectivity index (χ1v) is 14.0. The lowest BCUT2D eigenvalue weighted by Crippen LogP contribution is -2.29. The first-order valence-electron chi connectivity index (χ1n) is 13.2. The van der Waals surface area contributed by atoms with Crippen molar-refractivity contribution in [2.75, 3.05) is 23.9 Å². The number of pyridine rings is 1. The molecule has 2 aromatic heterocycles. The van der Waals surface area contributed by atoms with Gasteiger partial charge in [-0.05, 0) is 86.1 Å². The molecule has 1 saturated heterocycles. The highest BCUT2D eigenvalue weighted by atomic mass is 35.5. The number of rotatable bonds is 8. The molecule has 1 fully saturated rings. The number of ether oxygens (including phenoxy) is 1. The summed E-state index contributed by atoms with van der Waals surface area (Å²) in [6.07, 6.45) is 2.74. The summed E-state index contributed by atoms with van der Waals surface area (Å²) in [7, 11) is 1.47. The molecule has 1 aliphatic heterocycles. The van der Waals surface area contributed by atoms with Crippen LogP contribution >= 0.6 is 23.8 Å². The number of thiocarbonyl (C=S) groups is 1. The van der Waals surface area contributed by atoms with E-state index in [1.165, 1.54) is 18.4 Å². The molecular weight excluding hydrogens is 542 g/mol. The molecule has 0 saturated carbocycles. The highest BCUT2D eigenvalue weighted by molar-refractivity contribution is 7.80. The van der Waals surface area contributed by atoms with E-state index in [1.54, 1.807) is 12.3 Å². The van der Waals surface area contributed by atoms with Crippen LogP contribution in [0, 0.1) is 13.8 Å². The van der Waals surface area contributed by atoms with Crippen LogP contribution in [0.5, 0.6) is 0 Å². The Morgan fingerprint density at radius 1 is 1.12 bits per heavy atom. The Balaban J connectivity index is 1.62. The molecule has 0 radical (unpaired) electrons. The largest absolute Gasteiger partial charge is 0.375 e. The number of nitrogens with zero attached hydrogens (tertiary/aromatic N) is 3. The van der Waals surface area contributed by atoms with E-state index in [4.69, 9.17) is 28.6 Å². The van der Waals surface area contributed by atoms with Gasteiger partial charge in [-0.25, -0.2) is 0 Å². The van der Waals surface area contributed by atoms with E-state index in [0.29, 0.717) is 15.8 Å². The molecule has 7 nitrogen and oxygen atoms in total. The number of carbonyl (C=O) groups is 1. The van der Waals surface area contributed by atoms with Gasteiger partial charge in [0.15, 0.2) is 5.11 Å². The van der Waals surface area contributed by atoms with Gasteiger partial charge in [-0.1, -0.05) is 42.8 Å². The van der Waals surface area contributed by atoms with E-state index in [2.05, 4.69) is 76.2 Å². The highest BCUT2D eigenvalue weighted by Gasteiger charge is 2.42. The maximum Gasteiger partial charge on any atom is 0.250 e. The van der Waals surface area contributed by atoms with Crippen LogP contribution in [-0.4, -0.2) is 34.3 Å². The summed E-state index contributed by atoms with van der Waals surface area (Å²) in [4.78, 5) is 18.9. The van der Waals surface area contributed by atoms with Gasteiger partial charge in [0.25, 0.3) is 0 Å². The number of hydrogen-bond acceptors (Lipinski definition) is 4. The summed E-state index contributed by atoms with van der Waals surface area (Å²) in [5.41, 5.74) is 8.10. The third kappa shape index (κ3) is 5.22. The number of nitrogens with one attached hydrogen (secondary N) is 2. The zero-order valence-corrected chi connectivity index (χ0v) is 24.5. The quantitative estimate of drug-likeness (QED) is 0.236. The molecular formula is C31H32ClN5O2S. The molecule has 3 heterocycles. The minimum Gasteiger partial charge on any atom is -0.375 e. The molecule has 206 valence electrons. The molecule has 0 spiro atoms. The van der Waals surface area contributed by atoms with E-state index in [-0.39, 0.29) is 24.6 Å². The topological polar surface area (TPSA) is 71.4 Å². The Kier molecular flexibility index (Phi) is 8.21. The predicted molar refractivity (Wildman–Crippen MR) is 165 cm³/mol. The molecule has 4 aromatic rings. The zero-order chi connectivity index (χ0) is 28.4. The smallest absolute Gasteiger partial charge is 0.250 e. The molecule has 0 aliphatic carbocycles. The van der Waals surface area contributed by atoms with Crippen LogP contribution in [0.1, 0.15) is 47.2 Å². The first-order chi connectivity index (χ1) is 19.3. The van der Waals surface area contributed by atoms with E-state index >= 15 is 0 Å². The fourth-order valence-corrected chi connectivity index (χ4v) is 6.08. The summed E-state index contributed by atoms with van der Waals surface area (Å²) < 4.78 is 7.25. The van der Waals surface area contributed by atoms with Crippen LogP contribution in [0.3, 0.4) is 0 Å². The van der Waals surface area contributed by atoms with Crippen LogP contribution in [0.25, 0.3) is 5.69 Å². The van der Waals surface area contributed by atoms with Crippen LogP contribution in [0.2, 0.25) is 5.02 Å². The van der Waals surface area contributed by atoms with Crippen molar-refractivity contribution in [3.05, 3.63) is 106 Å². The number of amides is 1. The Morgan fingerprint density at radius 3 is 2.60 bits per heavy atom. The molecule has 2 aromatic carbocycles. The number of para-hydroxylation sites is 1. The maximum absolute atomic E-state index is 12.1. The standard InChI is InChI=1S/C31H32ClN5O2S/c1-5-21-10-6-7-12-27(21)36-19(2)16-23(20(36)3)30-29(26-11-8-9-15-33-26)35-31(40)37(30)22-13-14-25(24(32)17-22)34-28(38)18-39-4/h6-17,29-30H,5,18H2,1-4H3,(H,34,38)(H,35,40)/t29-,30+/m0/s1. The summed E-state index contributed by atoms with van der Waals surface area (Å²) in [5, 5.41) is 7.30. The molecule has 5 rings (SSSR count). The second-order valence-electron chi connectivity index (χ2n) is 9.79. The van der Waals surface area contributed by atoms with Crippen LogP contribution in [0.15, 0.2) is 72.9 Å². The van der Waals surface area contributed by atoms with Crippen molar-refractivity contribution < 1.29 is 9.53 Å². The van der Waals surface area contributed by atoms with E-state index < -0.39 is 0 Å². The van der Waals surface area contributed by atoms with Crippen molar-refractivity contribution >= 4 is 46.2 Å². The molecule has 1 amide bonds. The van der Waals surface area contributed by atoms with Gasteiger partial charge in [0.1, 0.15) is 6.61 Å².